The number of nitrogens with one attached hydrogen (secondary N) is 1. The minimum absolute atomic E-state index is 1.00. The van der Waals surface area contributed by atoms with E-state index in [0.29, 0.717) is 0 Å². The molecule has 10 heavy (non-hydrogen) atoms. The lowest BCUT2D eigenvalue weighted by Gasteiger charge is -1.88. The third-order valence-electron chi connectivity index (χ3n) is 1.35. The standard InChI is InChI=1S/C7H4IN2/c8-5-2-1-3-6-7(5)10-4-9-6/h1-3H,(H,9,10). The highest BCUT2D eigenvalue weighted by atomic mass is 127. The zero-order valence-corrected chi connectivity index (χ0v) is 7.21. The Balaban J connectivity index is 2.95. The second-order valence-corrected chi connectivity index (χ2v) is 3.15. The van der Waals surface area contributed by atoms with E-state index in [1.807, 2.05) is 18.2 Å². The van der Waals surface area contributed by atoms with Gasteiger partial charge in [0.1, 0.15) is 5.52 Å². The van der Waals surface area contributed by atoms with E-state index in [1.165, 1.54) is 0 Å². The van der Waals surface area contributed by atoms with Gasteiger partial charge in [0.05, 0.1) is 5.52 Å². The van der Waals surface area contributed by atoms with Crippen molar-refractivity contribution in [3.63, 3.8) is 0 Å². The highest BCUT2D eigenvalue weighted by Gasteiger charge is 1.97. The van der Waals surface area contributed by atoms with Crippen LogP contribution >= 0.6 is 22.6 Å². The number of aromatic amines is 1. The fraction of sp³-hybridized carbons (Fsp3) is 0. The molecule has 0 amide bonds. The molecule has 3 heteroatoms. The summed E-state index contributed by atoms with van der Waals surface area (Å²) in [6, 6.07) is 6.01. The van der Waals surface area contributed by atoms with Crippen LogP contribution in [0.1, 0.15) is 0 Å². The van der Waals surface area contributed by atoms with Gasteiger partial charge in [0.15, 0.2) is 6.33 Å². The number of imidazole rings is 1. The fourth-order valence-corrected chi connectivity index (χ4v) is 1.49. The first-order chi connectivity index (χ1) is 4.88. The number of fused-ring (bicyclic) bond motifs is 1. The van der Waals surface area contributed by atoms with Crippen molar-refractivity contribution in [1.29, 1.82) is 0 Å². The van der Waals surface area contributed by atoms with Crippen LogP contribution in [0.3, 0.4) is 0 Å². The lowest BCUT2D eigenvalue weighted by molar-refractivity contribution is 1.32. The minimum atomic E-state index is 1.00. The quantitative estimate of drug-likeness (QED) is 0.704. The van der Waals surface area contributed by atoms with Crippen molar-refractivity contribution in [2.45, 2.75) is 0 Å². The number of hydrogen-bond donors (Lipinski definition) is 1. The summed E-state index contributed by atoms with van der Waals surface area (Å²) in [6.07, 6.45) is 2.70. The maximum atomic E-state index is 4.03. The normalized spacial score (nSPS) is 10.5. The molecule has 0 saturated heterocycles. The van der Waals surface area contributed by atoms with E-state index in [2.05, 4.69) is 38.9 Å². The lowest BCUT2D eigenvalue weighted by atomic mass is 10.3. The first-order valence-corrected chi connectivity index (χ1v) is 3.96. The largest absolute Gasteiger partial charge is 0.335 e. The van der Waals surface area contributed by atoms with Crippen LogP contribution in [0.15, 0.2) is 18.2 Å². The van der Waals surface area contributed by atoms with Crippen molar-refractivity contribution in [3.8, 4) is 0 Å². The molecule has 0 bridgehead atoms. The topological polar surface area (TPSA) is 28.7 Å². The van der Waals surface area contributed by atoms with E-state index in [1.54, 1.807) is 0 Å². The molecule has 1 heterocycles. The Morgan fingerprint density at radius 1 is 1.50 bits per heavy atom. The van der Waals surface area contributed by atoms with Crippen LogP contribution in [0.5, 0.6) is 0 Å². The van der Waals surface area contributed by atoms with Crippen LogP contribution in [-0.2, 0) is 0 Å². The van der Waals surface area contributed by atoms with E-state index in [4.69, 9.17) is 0 Å². The molecule has 0 aliphatic carbocycles. The molecule has 0 aliphatic heterocycles. The highest BCUT2D eigenvalue weighted by molar-refractivity contribution is 14.1. The van der Waals surface area contributed by atoms with Gasteiger partial charge in [-0.25, -0.2) is 4.98 Å². The molecule has 0 unspecified atom stereocenters. The molecule has 0 aliphatic rings. The molecule has 2 nitrogen and oxygen atoms in total. The van der Waals surface area contributed by atoms with Crippen LogP contribution in [-0.4, -0.2) is 9.97 Å². The third kappa shape index (κ3) is 0.811. The van der Waals surface area contributed by atoms with E-state index in [0.717, 1.165) is 14.6 Å². The van der Waals surface area contributed by atoms with E-state index >= 15 is 0 Å². The molecule has 1 radical (unpaired) electrons. The fourth-order valence-electron chi connectivity index (χ4n) is 0.874. The smallest absolute Gasteiger partial charge is 0.174 e. The molecule has 0 atom stereocenters. The van der Waals surface area contributed by atoms with Crippen LogP contribution in [0.4, 0.5) is 0 Å². The zero-order chi connectivity index (χ0) is 6.97. The SMILES string of the molecule is Ic1cccc2[nH][c]nc12. The highest BCUT2D eigenvalue weighted by Crippen LogP contribution is 2.15. The number of H-pyrrole nitrogens is 1. The van der Waals surface area contributed by atoms with Gasteiger partial charge in [-0.2, -0.15) is 0 Å². The summed E-state index contributed by atoms with van der Waals surface area (Å²) in [5.41, 5.74) is 2.05. The van der Waals surface area contributed by atoms with Gasteiger partial charge in [0.2, 0.25) is 0 Å². The number of nitrogens with zero attached hydrogens (tertiary/aromatic N) is 1. The molecule has 1 aromatic carbocycles. The number of para-hydroxylation sites is 1. The van der Waals surface area contributed by atoms with E-state index < -0.39 is 0 Å². The Morgan fingerprint density at radius 3 is 3.20 bits per heavy atom. The first kappa shape index (κ1) is 6.15. The Morgan fingerprint density at radius 2 is 2.40 bits per heavy atom. The van der Waals surface area contributed by atoms with Gasteiger partial charge in [-0.05, 0) is 34.7 Å². The van der Waals surface area contributed by atoms with Crippen LogP contribution in [0.25, 0.3) is 11.0 Å². The summed E-state index contributed by atoms with van der Waals surface area (Å²) >= 11 is 2.25. The van der Waals surface area contributed by atoms with Gasteiger partial charge >= 0.3 is 0 Å². The summed E-state index contributed by atoms with van der Waals surface area (Å²) in [5.74, 6) is 0. The van der Waals surface area contributed by atoms with Crippen molar-refractivity contribution in [1.82, 2.24) is 9.97 Å². The number of rotatable bonds is 0. The molecule has 1 aromatic heterocycles. The predicted octanol–water partition coefficient (Wildman–Crippen LogP) is 1.97. The molecule has 2 aromatic rings. The Hall–Kier alpha value is -0.580. The number of aromatic nitrogens is 2. The van der Waals surface area contributed by atoms with Crippen LogP contribution in [0.2, 0.25) is 0 Å². The van der Waals surface area contributed by atoms with Gasteiger partial charge in [-0.15, -0.1) is 0 Å². The van der Waals surface area contributed by atoms with Gasteiger partial charge in [-0.1, -0.05) is 6.07 Å². The second kappa shape index (κ2) is 2.23. The van der Waals surface area contributed by atoms with E-state index in [-0.39, 0.29) is 0 Å². The Labute approximate surface area is 71.8 Å². The van der Waals surface area contributed by atoms with Crippen LogP contribution in [0, 0.1) is 9.90 Å². The minimum Gasteiger partial charge on any atom is -0.335 e. The lowest BCUT2D eigenvalue weighted by Crippen LogP contribution is -1.72. The summed E-state index contributed by atoms with van der Waals surface area (Å²) in [6.45, 7) is 0. The summed E-state index contributed by atoms with van der Waals surface area (Å²) < 4.78 is 1.16. The van der Waals surface area contributed by atoms with Crippen molar-refractivity contribution < 1.29 is 0 Å². The molecular weight excluding hydrogens is 239 g/mol. The maximum absolute atomic E-state index is 4.03. The molecule has 0 spiro atoms. The first-order valence-electron chi connectivity index (χ1n) is 2.88. The third-order valence-corrected chi connectivity index (χ3v) is 2.22. The van der Waals surface area contributed by atoms with Gasteiger partial charge in [0.25, 0.3) is 0 Å². The molecule has 0 fully saturated rings. The molecule has 0 saturated carbocycles. The zero-order valence-electron chi connectivity index (χ0n) is 5.06. The summed E-state index contributed by atoms with van der Waals surface area (Å²) in [7, 11) is 0. The van der Waals surface area contributed by atoms with Crippen molar-refractivity contribution in [2.24, 2.45) is 0 Å². The van der Waals surface area contributed by atoms with Crippen molar-refractivity contribution in [3.05, 3.63) is 28.1 Å². The Kier molecular flexibility index (Phi) is 1.37. The van der Waals surface area contributed by atoms with E-state index in [9.17, 15) is 0 Å². The van der Waals surface area contributed by atoms with Gasteiger partial charge in [-0.3, -0.25) is 0 Å². The van der Waals surface area contributed by atoms with Crippen molar-refractivity contribution in [2.75, 3.05) is 0 Å². The summed E-state index contributed by atoms with van der Waals surface area (Å²) in [4.78, 5) is 6.95. The van der Waals surface area contributed by atoms with Gasteiger partial charge < -0.3 is 4.98 Å². The number of hydrogen-bond acceptors (Lipinski definition) is 1. The maximum Gasteiger partial charge on any atom is 0.174 e. The molecule has 49 valence electrons. The van der Waals surface area contributed by atoms with Crippen molar-refractivity contribution >= 4 is 33.6 Å². The second-order valence-electron chi connectivity index (χ2n) is 1.98. The summed E-state index contributed by atoms with van der Waals surface area (Å²) in [5, 5.41) is 0. The number of halogens is 1. The average Bonchev–Trinajstić information content (AvgIpc) is 2.36. The Bertz CT molecular complexity index is 353. The molecule has 2 rings (SSSR count). The average molecular weight is 243 g/mol. The predicted molar refractivity (Wildman–Crippen MR) is 47.6 cm³/mol. The monoisotopic (exact) mass is 243 g/mol. The van der Waals surface area contributed by atoms with Crippen LogP contribution < -0.4 is 0 Å². The van der Waals surface area contributed by atoms with Gasteiger partial charge in [0, 0.05) is 3.57 Å². The molecule has 1 N–H and O–H groups in total. The molecular formula is C7H4IN2. The number of benzene rings is 1.